The number of nitrogens with zero attached hydrogens (tertiary/aromatic N) is 1. The lowest BCUT2D eigenvalue weighted by molar-refractivity contribution is 0.669. The van der Waals surface area contributed by atoms with Gasteiger partial charge in [0.25, 0.3) is 0 Å². The molecular formula is C54H35NOS. The van der Waals surface area contributed by atoms with Crippen molar-refractivity contribution >= 4 is 70.5 Å². The van der Waals surface area contributed by atoms with E-state index in [4.69, 9.17) is 4.42 Å². The standard InChI is InChI=1S/C54H35NOS/c1-4-13-36(14-5-1)38-23-25-39(26-24-38)41-19-12-20-43(33-41)55(44-28-32-50-48(35-44)46-29-27-42(34-51(46)56-50)37-15-6-2-7-16-37)49-31-30-45(40-17-8-3-9-18-40)54-53(49)47-21-10-11-22-52(47)57-54/h1-35H. The molecule has 0 aliphatic heterocycles. The van der Waals surface area contributed by atoms with Crippen molar-refractivity contribution in [2.24, 2.45) is 0 Å². The second kappa shape index (κ2) is 13.8. The summed E-state index contributed by atoms with van der Waals surface area (Å²) in [5.41, 5.74) is 14.6. The van der Waals surface area contributed by atoms with Crippen molar-refractivity contribution in [2.45, 2.75) is 0 Å². The summed E-state index contributed by atoms with van der Waals surface area (Å²) in [6, 6.07) is 76.3. The number of furan rings is 1. The molecule has 268 valence electrons. The molecule has 0 saturated heterocycles. The van der Waals surface area contributed by atoms with Crippen LogP contribution in [-0.4, -0.2) is 0 Å². The maximum Gasteiger partial charge on any atom is 0.136 e. The highest BCUT2D eigenvalue weighted by Gasteiger charge is 2.22. The summed E-state index contributed by atoms with van der Waals surface area (Å²) in [7, 11) is 0. The van der Waals surface area contributed by atoms with Gasteiger partial charge in [0.05, 0.1) is 5.69 Å². The Kier molecular flexibility index (Phi) is 8.04. The quantitative estimate of drug-likeness (QED) is 0.162. The highest BCUT2D eigenvalue weighted by atomic mass is 32.1. The number of thiophene rings is 1. The van der Waals surface area contributed by atoms with Crippen LogP contribution in [0.1, 0.15) is 0 Å². The van der Waals surface area contributed by atoms with Crippen molar-refractivity contribution in [3.8, 4) is 44.5 Å². The van der Waals surface area contributed by atoms with E-state index in [0.29, 0.717) is 0 Å². The number of rotatable bonds is 7. The SMILES string of the molecule is c1ccc(-c2ccc(-c3cccc(N(c4ccc5oc6cc(-c7ccccc7)ccc6c5c4)c4ccc(-c5ccccc5)c5sc6ccccc6c45)c3)cc2)cc1. The van der Waals surface area contributed by atoms with E-state index in [9.17, 15) is 0 Å². The van der Waals surface area contributed by atoms with Gasteiger partial charge in [-0.25, -0.2) is 0 Å². The first-order valence-corrected chi connectivity index (χ1v) is 20.1. The van der Waals surface area contributed by atoms with Gasteiger partial charge in [-0.3, -0.25) is 0 Å². The Morgan fingerprint density at radius 1 is 0.351 bits per heavy atom. The third-order valence-electron chi connectivity index (χ3n) is 11.1. The van der Waals surface area contributed by atoms with Crippen LogP contribution in [0.2, 0.25) is 0 Å². The Labute approximate surface area is 335 Å². The zero-order valence-electron chi connectivity index (χ0n) is 31.0. The third-order valence-corrected chi connectivity index (χ3v) is 12.3. The van der Waals surface area contributed by atoms with Gasteiger partial charge >= 0.3 is 0 Å². The first-order valence-electron chi connectivity index (χ1n) is 19.3. The first kappa shape index (κ1) is 33.2. The van der Waals surface area contributed by atoms with Gasteiger partial charge in [-0.15, -0.1) is 11.3 Å². The van der Waals surface area contributed by atoms with Crippen molar-refractivity contribution in [2.75, 3.05) is 4.90 Å². The minimum absolute atomic E-state index is 0.872. The van der Waals surface area contributed by atoms with Crippen molar-refractivity contribution in [1.29, 1.82) is 0 Å². The molecule has 0 saturated carbocycles. The van der Waals surface area contributed by atoms with Crippen LogP contribution in [0.4, 0.5) is 17.1 Å². The number of fused-ring (bicyclic) bond motifs is 6. The number of hydrogen-bond donors (Lipinski definition) is 0. The predicted molar refractivity (Wildman–Crippen MR) is 243 cm³/mol. The van der Waals surface area contributed by atoms with Crippen molar-refractivity contribution in [3.05, 3.63) is 212 Å². The van der Waals surface area contributed by atoms with Crippen molar-refractivity contribution in [3.63, 3.8) is 0 Å². The third kappa shape index (κ3) is 5.88. The Morgan fingerprint density at radius 2 is 0.930 bits per heavy atom. The molecule has 2 heterocycles. The van der Waals surface area contributed by atoms with Crippen molar-refractivity contribution < 1.29 is 4.42 Å². The van der Waals surface area contributed by atoms with E-state index in [-0.39, 0.29) is 0 Å². The Bertz CT molecular complexity index is 3220. The minimum atomic E-state index is 0.872. The molecular weight excluding hydrogens is 711 g/mol. The highest BCUT2D eigenvalue weighted by Crippen LogP contribution is 2.49. The van der Waals surface area contributed by atoms with Crippen LogP contribution in [0.5, 0.6) is 0 Å². The van der Waals surface area contributed by atoms with Crippen LogP contribution >= 0.6 is 11.3 Å². The molecule has 0 radical (unpaired) electrons. The van der Waals surface area contributed by atoms with Crippen LogP contribution < -0.4 is 4.90 Å². The van der Waals surface area contributed by atoms with Crippen LogP contribution in [0.15, 0.2) is 217 Å². The molecule has 0 fully saturated rings. The fourth-order valence-corrected chi connectivity index (χ4v) is 9.55. The summed E-state index contributed by atoms with van der Waals surface area (Å²) in [5.74, 6) is 0. The molecule has 2 aromatic heterocycles. The Hall–Kier alpha value is -7.20. The van der Waals surface area contributed by atoms with Crippen LogP contribution in [0.3, 0.4) is 0 Å². The van der Waals surface area contributed by atoms with Gasteiger partial charge in [0.15, 0.2) is 0 Å². The smallest absolute Gasteiger partial charge is 0.136 e. The fraction of sp³-hybridized carbons (Fsp3) is 0. The Balaban J connectivity index is 1.12. The molecule has 0 spiro atoms. The molecule has 0 bridgehead atoms. The van der Waals surface area contributed by atoms with E-state index >= 15 is 0 Å². The lowest BCUT2D eigenvalue weighted by Crippen LogP contribution is -2.10. The second-order valence-corrected chi connectivity index (χ2v) is 15.5. The molecule has 0 unspecified atom stereocenters. The maximum absolute atomic E-state index is 6.54. The fourth-order valence-electron chi connectivity index (χ4n) is 8.29. The molecule has 0 amide bonds. The summed E-state index contributed by atoms with van der Waals surface area (Å²) < 4.78 is 9.09. The van der Waals surface area contributed by atoms with E-state index in [1.807, 2.05) is 11.3 Å². The lowest BCUT2D eigenvalue weighted by Gasteiger charge is -2.27. The molecule has 57 heavy (non-hydrogen) atoms. The van der Waals surface area contributed by atoms with Crippen LogP contribution in [-0.2, 0) is 0 Å². The second-order valence-electron chi connectivity index (χ2n) is 14.5. The lowest BCUT2D eigenvalue weighted by atomic mass is 9.98. The van der Waals surface area contributed by atoms with Gasteiger partial charge in [0.2, 0.25) is 0 Å². The summed E-state index contributed by atoms with van der Waals surface area (Å²) in [4.78, 5) is 2.44. The van der Waals surface area contributed by atoms with E-state index in [2.05, 4.69) is 217 Å². The largest absolute Gasteiger partial charge is 0.456 e. The van der Waals surface area contributed by atoms with Gasteiger partial charge in [-0.2, -0.15) is 0 Å². The van der Waals surface area contributed by atoms with E-state index in [1.54, 1.807) is 0 Å². The van der Waals surface area contributed by atoms with Gasteiger partial charge in [-0.05, 0) is 99.1 Å². The molecule has 0 N–H and O–H groups in total. The number of hydrogen-bond acceptors (Lipinski definition) is 3. The molecule has 9 aromatic carbocycles. The normalized spacial score (nSPS) is 11.5. The van der Waals surface area contributed by atoms with Crippen LogP contribution in [0.25, 0.3) is 86.6 Å². The number of benzene rings is 9. The molecule has 11 aromatic rings. The first-order chi connectivity index (χ1) is 28.2. The summed E-state index contributed by atoms with van der Waals surface area (Å²) in [5, 5.41) is 4.70. The summed E-state index contributed by atoms with van der Waals surface area (Å²) >= 11 is 1.87. The zero-order chi connectivity index (χ0) is 37.7. The van der Waals surface area contributed by atoms with E-state index in [0.717, 1.165) is 50.1 Å². The topological polar surface area (TPSA) is 16.4 Å². The molecule has 0 aliphatic rings. The minimum Gasteiger partial charge on any atom is -0.456 e. The van der Waals surface area contributed by atoms with Gasteiger partial charge < -0.3 is 9.32 Å². The monoisotopic (exact) mass is 745 g/mol. The van der Waals surface area contributed by atoms with E-state index in [1.165, 1.54) is 53.6 Å². The van der Waals surface area contributed by atoms with Gasteiger partial charge in [0.1, 0.15) is 11.2 Å². The highest BCUT2D eigenvalue weighted by molar-refractivity contribution is 7.26. The molecule has 11 rings (SSSR count). The van der Waals surface area contributed by atoms with Crippen LogP contribution in [0, 0.1) is 0 Å². The predicted octanol–water partition coefficient (Wildman–Crippen LogP) is 16.1. The average molecular weight is 746 g/mol. The van der Waals surface area contributed by atoms with Gasteiger partial charge in [-0.1, -0.05) is 158 Å². The molecule has 0 atom stereocenters. The zero-order valence-corrected chi connectivity index (χ0v) is 31.8. The maximum atomic E-state index is 6.54. The summed E-state index contributed by atoms with van der Waals surface area (Å²) in [6.45, 7) is 0. The van der Waals surface area contributed by atoms with Crippen molar-refractivity contribution in [1.82, 2.24) is 0 Å². The molecule has 0 aliphatic carbocycles. The molecule has 3 heteroatoms. The summed E-state index contributed by atoms with van der Waals surface area (Å²) in [6.07, 6.45) is 0. The molecule has 2 nitrogen and oxygen atoms in total. The van der Waals surface area contributed by atoms with E-state index < -0.39 is 0 Å². The average Bonchev–Trinajstić information content (AvgIpc) is 3.86. The number of anilines is 3. The van der Waals surface area contributed by atoms with Gasteiger partial charge in [0, 0.05) is 42.3 Å². The Morgan fingerprint density at radius 3 is 1.68 bits per heavy atom.